The van der Waals surface area contributed by atoms with Crippen LogP contribution in [0.3, 0.4) is 0 Å². The van der Waals surface area contributed by atoms with E-state index in [0.29, 0.717) is 18.4 Å². The van der Waals surface area contributed by atoms with Gasteiger partial charge in [0, 0.05) is 15.7 Å². The molecule has 1 N–H and O–H groups in total. The number of amides is 1. The van der Waals surface area contributed by atoms with E-state index in [1.54, 1.807) is 0 Å². The van der Waals surface area contributed by atoms with Crippen LogP contribution in [-0.2, 0) is 11.4 Å². The standard InChI is InChI=1S/C27H28BrNO2/c1-16(2)20-10-7-11-21(17(3)4)26(20)29-27(30)25-22-9-6-5-8-18(22)15-31-24-13-12-19(28)14-23(24)25/h5-14,16-17,25H,15H2,1-4H3,(H,29,30)/t25-/m1/s1. The Bertz CT molecular complexity index is 1090. The number of para-hydroxylation sites is 1. The summed E-state index contributed by atoms with van der Waals surface area (Å²) in [6, 6.07) is 20.3. The van der Waals surface area contributed by atoms with Crippen molar-refractivity contribution < 1.29 is 9.53 Å². The van der Waals surface area contributed by atoms with Crippen molar-refractivity contribution in [2.24, 2.45) is 0 Å². The fourth-order valence-corrected chi connectivity index (χ4v) is 4.70. The molecule has 3 aromatic carbocycles. The van der Waals surface area contributed by atoms with Crippen LogP contribution < -0.4 is 10.1 Å². The minimum Gasteiger partial charge on any atom is -0.489 e. The van der Waals surface area contributed by atoms with E-state index in [-0.39, 0.29) is 5.91 Å². The normalized spacial score (nSPS) is 15.1. The number of rotatable bonds is 4. The highest BCUT2D eigenvalue weighted by molar-refractivity contribution is 9.10. The molecule has 0 aromatic heterocycles. The van der Waals surface area contributed by atoms with E-state index in [2.05, 4.69) is 67.1 Å². The average molecular weight is 478 g/mol. The molecule has 0 bridgehead atoms. The highest BCUT2D eigenvalue weighted by Gasteiger charge is 2.31. The molecule has 1 heterocycles. The lowest BCUT2D eigenvalue weighted by Crippen LogP contribution is -2.24. The monoisotopic (exact) mass is 477 g/mol. The molecular formula is C27H28BrNO2. The van der Waals surface area contributed by atoms with Gasteiger partial charge in [0.2, 0.25) is 5.91 Å². The molecule has 3 nitrogen and oxygen atoms in total. The van der Waals surface area contributed by atoms with Gasteiger partial charge < -0.3 is 10.1 Å². The number of carbonyl (C=O) groups excluding carboxylic acids is 1. The Morgan fingerprint density at radius 2 is 1.61 bits per heavy atom. The van der Waals surface area contributed by atoms with Crippen LogP contribution in [0.1, 0.15) is 73.3 Å². The van der Waals surface area contributed by atoms with Crippen molar-refractivity contribution >= 4 is 27.5 Å². The number of nitrogens with one attached hydrogen (secondary N) is 1. The summed E-state index contributed by atoms with van der Waals surface area (Å²) < 4.78 is 7.01. The lowest BCUT2D eigenvalue weighted by molar-refractivity contribution is -0.116. The first kappa shape index (κ1) is 21.6. The van der Waals surface area contributed by atoms with Gasteiger partial charge in [0.05, 0.1) is 5.92 Å². The molecular weight excluding hydrogens is 450 g/mol. The van der Waals surface area contributed by atoms with Crippen LogP contribution in [0.25, 0.3) is 0 Å². The summed E-state index contributed by atoms with van der Waals surface area (Å²) in [5.41, 5.74) is 6.17. The maximum absolute atomic E-state index is 13.9. The number of anilines is 1. The Labute approximate surface area is 193 Å². The molecule has 0 unspecified atom stereocenters. The van der Waals surface area contributed by atoms with Gasteiger partial charge >= 0.3 is 0 Å². The molecule has 1 aliphatic rings. The maximum Gasteiger partial charge on any atom is 0.236 e. The van der Waals surface area contributed by atoms with Crippen LogP contribution in [-0.4, -0.2) is 5.91 Å². The van der Waals surface area contributed by atoms with Crippen LogP contribution in [0.15, 0.2) is 65.1 Å². The summed E-state index contributed by atoms with van der Waals surface area (Å²) in [6.45, 7) is 9.10. The third-order valence-electron chi connectivity index (χ3n) is 5.92. The number of fused-ring (bicyclic) bond motifs is 2. The number of halogens is 1. The maximum atomic E-state index is 13.9. The molecule has 0 saturated heterocycles. The van der Waals surface area contributed by atoms with E-state index in [4.69, 9.17) is 4.74 Å². The Balaban J connectivity index is 1.84. The topological polar surface area (TPSA) is 38.3 Å². The molecule has 160 valence electrons. The summed E-state index contributed by atoms with van der Waals surface area (Å²) in [6.07, 6.45) is 0. The fourth-order valence-electron chi connectivity index (χ4n) is 4.32. The van der Waals surface area contributed by atoms with Crippen molar-refractivity contribution in [2.45, 2.75) is 52.1 Å². The first-order chi connectivity index (χ1) is 14.9. The molecule has 0 aliphatic carbocycles. The zero-order valence-corrected chi connectivity index (χ0v) is 20.0. The molecule has 0 spiro atoms. The van der Waals surface area contributed by atoms with Crippen molar-refractivity contribution in [2.75, 3.05) is 5.32 Å². The van der Waals surface area contributed by atoms with Gasteiger partial charge in [-0.05, 0) is 52.3 Å². The zero-order valence-electron chi connectivity index (χ0n) is 18.4. The highest BCUT2D eigenvalue weighted by Crippen LogP contribution is 2.40. The minimum atomic E-state index is -0.452. The van der Waals surface area contributed by atoms with Gasteiger partial charge in [-0.1, -0.05) is 86.1 Å². The van der Waals surface area contributed by atoms with Crippen LogP contribution in [0, 0.1) is 0 Å². The molecule has 4 heteroatoms. The summed E-state index contributed by atoms with van der Waals surface area (Å²) in [4.78, 5) is 13.9. The molecule has 1 amide bonds. The Morgan fingerprint density at radius 1 is 0.935 bits per heavy atom. The van der Waals surface area contributed by atoms with Crippen LogP contribution in [0.5, 0.6) is 5.75 Å². The second-order valence-electron chi connectivity index (χ2n) is 8.71. The third-order valence-corrected chi connectivity index (χ3v) is 6.41. The molecule has 0 saturated carbocycles. The largest absolute Gasteiger partial charge is 0.489 e. The Morgan fingerprint density at radius 3 is 2.29 bits per heavy atom. The van der Waals surface area contributed by atoms with Gasteiger partial charge in [0.25, 0.3) is 0 Å². The van der Waals surface area contributed by atoms with Crippen molar-refractivity contribution in [3.63, 3.8) is 0 Å². The third kappa shape index (κ3) is 4.27. The second-order valence-corrected chi connectivity index (χ2v) is 9.63. The van der Waals surface area contributed by atoms with Crippen molar-refractivity contribution in [1.29, 1.82) is 0 Å². The summed E-state index contributed by atoms with van der Waals surface area (Å²) in [7, 11) is 0. The van der Waals surface area contributed by atoms with E-state index >= 15 is 0 Å². The summed E-state index contributed by atoms with van der Waals surface area (Å²) in [5.74, 6) is 0.875. The lowest BCUT2D eigenvalue weighted by Gasteiger charge is -2.24. The van der Waals surface area contributed by atoms with Crippen molar-refractivity contribution in [1.82, 2.24) is 0 Å². The number of ether oxygens (including phenoxy) is 1. The molecule has 1 aliphatic heterocycles. The first-order valence-corrected chi connectivity index (χ1v) is 11.6. The van der Waals surface area contributed by atoms with Gasteiger partial charge in [-0.2, -0.15) is 0 Å². The SMILES string of the molecule is CC(C)c1cccc(C(C)C)c1NC(=O)[C@@H]1c2ccccc2COc2ccc(Br)cc21. The minimum absolute atomic E-state index is 0.0349. The van der Waals surface area contributed by atoms with E-state index < -0.39 is 5.92 Å². The lowest BCUT2D eigenvalue weighted by atomic mass is 9.87. The van der Waals surface area contributed by atoms with Crippen molar-refractivity contribution in [3.8, 4) is 5.75 Å². The number of hydrogen-bond acceptors (Lipinski definition) is 2. The van der Waals surface area contributed by atoms with Gasteiger partial charge in [0.1, 0.15) is 12.4 Å². The van der Waals surface area contributed by atoms with E-state index in [0.717, 1.165) is 43.7 Å². The average Bonchev–Trinajstić information content (AvgIpc) is 2.89. The van der Waals surface area contributed by atoms with Gasteiger partial charge in [-0.3, -0.25) is 4.79 Å². The predicted octanol–water partition coefficient (Wildman–Crippen LogP) is 7.36. The van der Waals surface area contributed by atoms with E-state index in [9.17, 15) is 4.79 Å². The van der Waals surface area contributed by atoms with Crippen LogP contribution in [0.2, 0.25) is 0 Å². The molecule has 0 fully saturated rings. The van der Waals surface area contributed by atoms with E-state index in [1.807, 2.05) is 42.5 Å². The van der Waals surface area contributed by atoms with Gasteiger partial charge in [0.15, 0.2) is 0 Å². The van der Waals surface area contributed by atoms with Crippen LogP contribution in [0.4, 0.5) is 5.69 Å². The quantitative estimate of drug-likeness (QED) is 0.426. The summed E-state index contributed by atoms with van der Waals surface area (Å²) >= 11 is 3.57. The molecule has 4 rings (SSSR count). The Hall–Kier alpha value is -2.59. The molecule has 3 aromatic rings. The molecule has 1 atom stereocenters. The first-order valence-electron chi connectivity index (χ1n) is 10.8. The Kier molecular flexibility index (Phi) is 6.19. The summed E-state index contributed by atoms with van der Waals surface area (Å²) in [5, 5.41) is 3.33. The van der Waals surface area contributed by atoms with E-state index in [1.165, 1.54) is 0 Å². The van der Waals surface area contributed by atoms with Gasteiger partial charge in [-0.25, -0.2) is 0 Å². The smallest absolute Gasteiger partial charge is 0.236 e. The van der Waals surface area contributed by atoms with Crippen LogP contribution >= 0.6 is 15.9 Å². The van der Waals surface area contributed by atoms with Crippen molar-refractivity contribution in [3.05, 3.63) is 93.0 Å². The number of carbonyl (C=O) groups is 1. The second kappa shape index (κ2) is 8.88. The fraction of sp³-hybridized carbons (Fsp3) is 0.296. The predicted molar refractivity (Wildman–Crippen MR) is 130 cm³/mol. The highest BCUT2D eigenvalue weighted by atomic mass is 79.9. The number of hydrogen-bond donors (Lipinski definition) is 1. The van der Waals surface area contributed by atoms with Gasteiger partial charge in [-0.15, -0.1) is 0 Å². The number of benzene rings is 3. The molecule has 0 radical (unpaired) electrons. The molecule has 31 heavy (non-hydrogen) atoms. The zero-order chi connectivity index (χ0) is 22.1.